The summed E-state index contributed by atoms with van der Waals surface area (Å²) in [6, 6.07) is 8.10. The Kier molecular flexibility index (Phi) is 8.64. The molecule has 4 aliphatic rings. The Morgan fingerprint density at radius 2 is 1.60 bits per heavy atom. The first-order chi connectivity index (χ1) is 22.1. The van der Waals surface area contributed by atoms with Crippen LogP contribution in [0.3, 0.4) is 0 Å². The molecule has 0 saturated carbocycles. The van der Waals surface area contributed by atoms with E-state index in [-0.39, 0.29) is 38.4 Å². The minimum Gasteiger partial charge on any atom is -0.273 e. The van der Waals surface area contributed by atoms with Crippen LogP contribution in [-0.2, 0) is 23.9 Å². The number of alkyl halides is 4. The average Bonchev–Trinajstić information content (AvgIpc) is 3.76. The van der Waals surface area contributed by atoms with Crippen LogP contribution in [0.15, 0.2) is 48.5 Å². The average molecular weight is 705 g/mol. The zero-order chi connectivity index (χ0) is 34.1. The molecule has 9 nitrogen and oxygen atoms in total. The minimum absolute atomic E-state index is 0.00674. The van der Waals surface area contributed by atoms with Gasteiger partial charge in [-0.15, -0.1) is 11.6 Å². The van der Waals surface area contributed by atoms with Crippen LogP contribution in [0.1, 0.15) is 62.7 Å². The summed E-state index contributed by atoms with van der Waals surface area (Å²) in [5.74, 6) is -3.72. The summed E-state index contributed by atoms with van der Waals surface area (Å²) in [6.45, 7) is 3.33. The van der Waals surface area contributed by atoms with Crippen molar-refractivity contribution in [2.24, 2.45) is 11.3 Å². The Hall–Kier alpha value is -2.85. The third kappa shape index (κ3) is 5.15. The first kappa shape index (κ1) is 34.0. The van der Waals surface area contributed by atoms with Gasteiger partial charge in [-0.25, -0.2) is 18.8 Å². The van der Waals surface area contributed by atoms with Crippen molar-refractivity contribution >= 4 is 33.5 Å². The molecule has 6 unspecified atom stereocenters. The topological polar surface area (TPSA) is 90.5 Å². The molecule has 16 heteroatoms. The maximum atomic E-state index is 14.8. The van der Waals surface area contributed by atoms with Gasteiger partial charge in [-0.05, 0) is 61.1 Å². The molecule has 4 heterocycles. The number of carbonyl (C=O) groups is 2. The van der Waals surface area contributed by atoms with Crippen LogP contribution >= 0.6 is 11.6 Å². The lowest BCUT2D eigenvalue weighted by molar-refractivity contribution is -0.164. The van der Waals surface area contributed by atoms with Crippen molar-refractivity contribution in [2.75, 3.05) is 25.5 Å². The summed E-state index contributed by atoms with van der Waals surface area (Å²) < 4.78 is 103. The van der Waals surface area contributed by atoms with E-state index in [1.54, 1.807) is 31.0 Å². The molecule has 6 atom stereocenters. The van der Waals surface area contributed by atoms with E-state index in [1.165, 1.54) is 51.4 Å². The van der Waals surface area contributed by atoms with Gasteiger partial charge in [0.05, 0.1) is 35.3 Å². The van der Waals surface area contributed by atoms with Crippen LogP contribution in [0.5, 0.6) is 0 Å². The molecule has 0 N–H and O–H groups in total. The van der Waals surface area contributed by atoms with Crippen molar-refractivity contribution in [3.05, 3.63) is 71.3 Å². The molecule has 47 heavy (non-hydrogen) atoms. The van der Waals surface area contributed by atoms with Gasteiger partial charge < -0.3 is 0 Å². The second-order valence-corrected chi connectivity index (χ2v) is 14.4. The standard InChI is InChI=1S/C31H34ClF5N4O5S/c1-3-19-16-39-26(15-25(40(39)27(19)42)21-8-6-10-23(34)14-21)30(17-32,46-47(44,45)31(35,36)37)29(4-2)18-38-12-11-24(41(38)28(29)43)20-7-5-9-22(33)13-20/h5-10,13-14,19,24-26H,3-4,11-12,15-18H2,1-2H3. The molecule has 0 bridgehead atoms. The molecule has 0 aromatic heterocycles. The van der Waals surface area contributed by atoms with Crippen molar-refractivity contribution in [2.45, 2.75) is 68.8 Å². The number of carbonyl (C=O) groups excluding carboxylic acids is 2. The minimum atomic E-state index is -6.37. The predicted molar refractivity (Wildman–Crippen MR) is 159 cm³/mol. The number of amides is 2. The maximum Gasteiger partial charge on any atom is 0.523 e. The third-order valence-corrected chi connectivity index (χ3v) is 11.8. The molecule has 4 saturated heterocycles. The van der Waals surface area contributed by atoms with Crippen molar-refractivity contribution < 1.29 is 44.1 Å². The quantitative estimate of drug-likeness (QED) is 0.151. The van der Waals surface area contributed by atoms with Gasteiger partial charge in [0.15, 0.2) is 0 Å². The number of halogens is 6. The number of nitrogens with zero attached hydrogens (tertiary/aromatic N) is 4. The Balaban J connectivity index is 1.53. The first-order valence-corrected chi connectivity index (χ1v) is 17.4. The Morgan fingerprint density at radius 1 is 0.979 bits per heavy atom. The smallest absolute Gasteiger partial charge is 0.273 e. The van der Waals surface area contributed by atoms with E-state index < -0.39 is 74.1 Å². The van der Waals surface area contributed by atoms with Gasteiger partial charge in [0, 0.05) is 19.6 Å². The number of hydrogen-bond acceptors (Lipinski definition) is 7. The number of rotatable bonds is 9. The Morgan fingerprint density at radius 3 is 2.13 bits per heavy atom. The van der Waals surface area contributed by atoms with E-state index in [1.807, 2.05) is 0 Å². The molecular formula is C31H34ClF5N4O5S. The van der Waals surface area contributed by atoms with E-state index in [0.29, 0.717) is 24.0 Å². The van der Waals surface area contributed by atoms with E-state index in [4.69, 9.17) is 15.8 Å². The van der Waals surface area contributed by atoms with Gasteiger partial charge in [0.25, 0.3) is 0 Å². The van der Waals surface area contributed by atoms with E-state index >= 15 is 0 Å². The summed E-state index contributed by atoms with van der Waals surface area (Å²) in [7, 11) is -6.37. The fraction of sp³-hybridized carbons (Fsp3) is 0.548. The van der Waals surface area contributed by atoms with Crippen molar-refractivity contribution in [3.63, 3.8) is 0 Å². The fourth-order valence-corrected chi connectivity index (χ4v) is 9.40. The molecule has 0 spiro atoms. The lowest BCUT2D eigenvalue weighted by atomic mass is 9.65. The molecule has 2 aromatic rings. The van der Waals surface area contributed by atoms with E-state index in [9.17, 15) is 40.0 Å². The monoisotopic (exact) mass is 704 g/mol. The van der Waals surface area contributed by atoms with Gasteiger partial charge in [0.2, 0.25) is 11.8 Å². The molecule has 2 aromatic carbocycles. The molecule has 0 aliphatic carbocycles. The van der Waals surface area contributed by atoms with Crippen molar-refractivity contribution in [1.82, 2.24) is 20.0 Å². The second kappa shape index (κ2) is 11.9. The normalized spacial score (nSPS) is 29.9. The molecule has 2 amide bonds. The van der Waals surface area contributed by atoms with Gasteiger partial charge in [0.1, 0.15) is 17.2 Å². The summed E-state index contributed by atoms with van der Waals surface area (Å²) in [5.41, 5.74) is -9.60. The first-order valence-electron chi connectivity index (χ1n) is 15.4. The highest BCUT2D eigenvalue weighted by molar-refractivity contribution is 7.87. The highest BCUT2D eigenvalue weighted by atomic mass is 35.5. The second-order valence-electron chi connectivity index (χ2n) is 12.6. The third-order valence-electron chi connectivity index (χ3n) is 10.3. The summed E-state index contributed by atoms with van der Waals surface area (Å²) in [4.78, 5) is 28.5. The lowest BCUT2D eigenvalue weighted by Crippen LogP contribution is -2.68. The molecule has 256 valence electrons. The number of benzene rings is 2. The zero-order valence-electron chi connectivity index (χ0n) is 25.6. The molecule has 6 rings (SSSR count). The van der Waals surface area contributed by atoms with Crippen LogP contribution < -0.4 is 0 Å². The van der Waals surface area contributed by atoms with Gasteiger partial charge in [-0.3, -0.25) is 23.8 Å². The predicted octanol–water partition coefficient (Wildman–Crippen LogP) is 5.31. The van der Waals surface area contributed by atoms with Crippen LogP contribution in [0.4, 0.5) is 22.0 Å². The van der Waals surface area contributed by atoms with Crippen LogP contribution in [0.25, 0.3) is 0 Å². The number of fused-ring (bicyclic) bond motifs is 2. The van der Waals surface area contributed by atoms with Gasteiger partial charge >= 0.3 is 15.6 Å². The number of hydrazine groups is 2. The largest absolute Gasteiger partial charge is 0.523 e. The Bertz CT molecular complexity index is 1680. The van der Waals surface area contributed by atoms with E-state index in [2.05, 4.69) is 0 Å². The Labute approximate surface area is 274 Å². The lowest BCUT2D eigenvalue weighted by Gasteiger charge is -2.49. The van der Waals surface area contributed by atoms with Crippen molar-refractivity contribution in [1.29, 1.82) is 0 Å². The zero-order valence-corrected chi connectivity index (χ0v) is 27.2. The summed E-state index contributed by atoms with van der Waals surface area (Å²) in [5, 5.41) is 5.77. The molecule has 4 aliphatic heterocycles. The fourth-order valence-electron chi connectivity index (χ4n) is 8.03. The highest BCUT2D eigenvalue weighted by Crippen LogP contribution is 2.58. The summed E-state index contributed by atoms with van der Waals surface area (Å²) in [6.07, 6.45) is 0.365. The van der Waals surface area contributed by atoms with Crippen LogP contribution in [0.2, 0.25) is 0 Å². The SMILES string of the molecule is CCC1CN2C(C(CCl)(OS(=O)(=O)C(F)(F)F)C3(CC)CN4CCC(c5cccc(F)c5)N4C3=O)CC(c3cccc(F)c3)N2C1=O. The van der Waals surface area contributed by atoms with Crippen molar-refractivity contribution in [3.8, 4) is 0 Å². The van der Waals surface area contributed by atoms with Crippen LogP contribution in [-0.4, -0.2) is 82.9 Å². The van der Waals surface area contributed by atoms with E-state index in [0.717, 1.165) is 0 Å². The van der Waals surface area contributed by atoms with Gasteiger partial charge in [-0.1, -0.05) is 38.1 Å². The summed E-state index contributed by atoms with van der Waals surface area (Å²) >= 11 is 6.64. The molecule has 0 radical (unpaired) electrons. The molecular weight excluding hydrogens is 671 g/mol. The van der Waals surface area contributed by atoms with Gasteiger partial charge in [-0.2, -0.15) is 21.6 Å². The highest BCUT2D eigenvalue weighted by Gasteiger charge is 2.73. The number of hydrogen-bond donors (Lipinski definition) is 0. The van der Waals surface area contributed by atoms with Crippen LogP contribution in [0, 0.1) is 23.0 Å². The molecule has 4 fully saturated rings. The maximum absolute atomic E-state index is 14.8.